The van der Waals surface area contributed by atoms with E-state index in [0.29, 0.717) is 23.6 Å². The van der Waals surface area contributed by atoms with Crippen LogP contribution in [0.4, 0.5) is 0 Å². The van der Waals surface area contributed by atoms with Crippen molar-refractivity contribution < 1.29 is 9.47 Å². The van der Waals surface area contributed by atoms with Gasteiger partial charge >= 0.3 is 0 Å². The Morgan fingerprint density at radius 2 is 1.25 bits per heavy atom. The molecule has 0 heterocycles. The summed E-state index contributed by atoms with van der Waals surface area (Å²) in [6.45, 7) is 6.68. The summed E-state index contributed by atoms with van der Waals surface area (Å²) in [5.41, 5.74) is 0. The molecule has 0 aliphatic rings. The molecule has 6 heteroatoms. The van der Waals surface area contributed by atoms with E-state index in [9.17, 15) is 0 Å². The van der Waals surface area contributed by atoms with E-state index in [2.05, 4.69) is 10.6 Å². The summed E-state index contributed by atoms with van der Waals surface area (Å²) in [5, 5.41) is 6.97. The zero-order chi connectivity index (χ0) is 12.2. The Labute approximate surface area is 108 Å². The van der Waals surface area contributed by atoms with E-state index in [0.717, 1.165) is 25.9 Å². The lowest BCUT2D eigenvalue weighted by molar-refractivity contribution is 0.317. The SMILES string of the molecule is CCOC(=S)NCCCCNC(=S)OCC. The van der Waals surface area contributed by atoms with Crippen molar-refractivity contribution in [2.75, 3.05) is 26.3 Å². The molecule has 0 fully saturated rings. The second kappa shape index (κ2) is 10.9. The highest BCUT2D eigenvalue weighted by Crippen LogP contribution is 1.87. The molecule has 0 radical (unpaired) electrons. The van der Waals surface area contributed by atoms with Crippen molar-refractivity contribution in [3.63, 3.8) is 0 Å². The fourth-order valence-electron chi connectivity index (χ4n) is 0.995. The summed E-state index contributed by atoms with van der Waals surface area (Å²) in [5.74, 6) is 0. The van der Waals surface area contributed by atoms with Crippen LogP contribution in [0.15, 0.2) is 0 Å². The molecule has 0 aromatic rings. The van der Waals surface area contributed by atoms with Crippen molar-refractivity contribution in [3.05, 3.63) is 0 Å². The van der Waals surface area contributed by atoms with Gasteiger partial charge in [0.05, 0.1) is 13.2 Å². The zero-order valence-electron chi connectivity index (χ0n) is 9.88. The minimum absolute atomic E-state index is 0.472. The van der Waals surface area contributed by atoms with Gasteiger partial charge in [-0.15, -0.1) is 0 Å². The highest BCUT2D eigenvalue weighted by Gasteiger charge is 1.96. The van der Waals surface area contributed by atoms with Crippen molar-refractivity contribution in [1.29, 1.82) is 0 Å². The molecule has 0 aromatic carbocycles. The maximum atomic E-state index is 5.08. The molecule has 0 saturated carbocycles. The minimum atomic E-state index is 0.472. The zero-order valence-corrected chi connectivity index (χ0v) is 11.5. The summed E-state index contributed by atoms with van der Waals surface area (Å²) < 4.78 is 10.2. The van der Waals surface area contributed by atoms with Crippen LogP contribution in [0.25, 0.3) is 0 Å². The molecular formula is C10H20N2O2S2. The molecule has 0 rings (SSSR count). The van der Waals surface area contributed by atoms with E-state index < -0.39 is 0 Å². The first-order chi connectivity index (χ1) is 7.70. The Hall–Kier alpha value is -0.620. The molecule has 0 saturated heterocycles. The number of unbranched alkanes of at least 4 members (excludes halogenated alkanes) is 1. The van der Waals surface area contributed by atoms with Gasteiger partial charge in [0.1, 0.15) is 0 Å². The molecule has 0 aromatic heterocycles. The third-order valence-electron chi connectivity index (χ3n) is 1.69. The van der Waals surface area contributed by atoms with Gasteiger partial charge in [-0.25, -0.2) is 0 Å². The highest BCUT2D eigenvalue weighted by molar-refractivity contribution is 7.80. The van der Waals surface area contributed by atoms with Crippen LogP contribution in [0.5, 0.6) is 0 Å². The van der Waals surface area contributed by atoms with Crippen LogP contribution in [-0.2, 0) is 9.47 Å². The van der Waals surface area contributed by atoms with Gasteiger partial charge < -0.3 is 20.1 Å². The van der Waals surface area contributed by atoms with Gasteiger partial charge in [-0.2, -0.15) is 0 Å². The van der Waals surface area contributed by atoms with Crippen LogP contribution < -0.4 is 10.6 Å². The van der Waals surface area contributed by atoms with Gasteiger partial charge in [0, 0.05) is 13.1 Å². The van der Waals surface area contributed by atoms with E-state index in [1.807, 2.05) is 13.8 Å². The van der Waals surface area contributed by atoms with Gasteiger partial charge in [-0.3, -0.25) is 0 Å². The molecule has 0 aliphatic carbocycles. The van der Waals surface area contributed by atoms with E-state index in [1.165, 1.54) is 0 Å². The maximum absolute atomic E-state index is 5.08. The minimum Gasteiger partial charge on any atom is -0.471 e. The van der Waals surface area contributed by atoms with Gasteiger partial charge in [0.25, 0.3) is 10.3 Å². The third-order valence-corrected chi connectivity index (χ3v) is 2.22. The standard InChI is InChI=1S/C10H20N2O2S2/c1-3-13-9(15)11-7-5-6-8-12-10(16)14-4-2/h3-8H2,1-2H3,(H,11,15)(H,12,16). The van der Waals surface area contributed by atoms with Crippen LogP contribution in [0, 0.1) is 0 Å². The number of hydrogen-bond donors (Lipinski definition) is 2. The number of nitrogens with one attached hydrogen (secondary N) is 2. The van der Waals surface area contributed by atoms with Gasteiger partial charge in [-0.1, -0.05) is 0 Å². The molecule has 0 spiro atoms. The lowest BCUT2D eigenvalue weighted by atomic mass is 10.3. The summed E-state index contributed by atoms with van der Waals surface area (Å²) in [6.07, 6.45) is 2.02. The number of hydrogen-bond acceptors (Lipinski definition) is 4. The lowest BCUT2D eigenvalue weighted by Crippen LogP contribution is -2.27. The molecule has 0 unspecified atom stereocenters. The fourth-order valence-corrected chi connectivity index (χ4v) is 1.43. The number of rotatable bonds is 7. The molecule has 94 valence electrons. The van der Waals surface area contributed by atoms with Crippen molar-refractivity contribution in [1.82, 2.24) is 10.6 Å². The third kappa shape index (κ3) is 9.92. The van der Waals surface area contributed by atoms with Gasteiger partial charge in [-0.05, 0) is 51.1 Å². The Morgan fingerprint density at radius 1 is 0.875 bits per heavy atom. The first-order valence-electron chi connectivity index (χ1n) is 5.52. The predicted molar refractivity (Wildman–Crippen MR) is 73.7 cm³/mol. The average Bonchev–Trinajstić information content (AvgIpc) is 2.24. The summed E-state index contributed by atoms with van der Waals surface area (Å²) in [4.78, 5) is 0. The molecule has 0 amide bonds. The topological polar surface area (TPSA) is 42.5 Å². The van der Waals surface area contributed by atoms with E-state index in [1.54, 1.807) is 0 Å². The van der Waals surface area contributed by atoms with Crippen molar-refractivity contribution in [2.45, 2.75) is 26.7 Å². The number of thiocarbonyl (C=S) groups is 2. The van der Waals surface area contributed by atoms with Crippen LogP contribution in [0.3, 0.4) is 0 Å². The van der Waals surface area contributed by atoms with E-state index in [4.69, 9.17) is 33.9 Å². The van der Waals surface area contributed by atoms with E-state index >= 15 is 0 Å². The first kappa shape index (κ1) is 15.4. The molecule has 0 bridgehead atoms. The maximum Gasteiger partial charge on any atom is 0.256 e. The molecular weight excluding hydrogens is 244 g/mol. The van der Waals surface area contributed by atoms with Crippen LogP contribution in [-0.4, -0.2) is 36.7 Å². The normalized spacial score (nSPS) is 9.38. The Kier molecular flexibility index (Phi) is 10.5. The van der Waals surface area contributed by atoms with Crippen molar-refractivity contribution in [2.24, 2.45) is 0 Å². The quantitative estimate of drug-likeness (QED) is 0.538. The monoisotopic (exact) mass is 264 g/mol. The largest absolute Gasteiger partial charge is 0.471 e. The van der Waals surface area contributed by atoms with Crippen molar-refractivity contribution in [3.8, 4) is 0 Å². The lowest BCUT2D eigenvalue weighted by Gasteiger charge is -2.09. The summed E-state index contributed by atoms with van der Waals surface area (Å²) in [7, 11) is 0. The summed E-state index contributed by atoms with van der Waals surface area (Å²) >= 11 is 9.83. The first-order valence-corrected chi connectivity index (χ1v) is 6.33. The second-order valence-electron chi connectivity index (χ2n) is 3.00. The van der Waals surface area contributed by atoms with E-state index in [-0.39, 0.29) is 0 Å². The second-order valence-corrected chi connectivity index (χ2v) is 3.74. The molecule has 0 aliphatic heterocycles. The average molecular weight is 264 g/mol. The summed E-state index contributed by atoms with van der Waals surface area (Å²) in [6, 6.07) is 0. The van der Waals surface area contributed by atoms with Gasteiger partial charge in [0.2, 0.25) is 0 Å². The van der Waals surface area contributed by atoms with Crippen molar-refractivity contribution >= 4 is 34.8 Å². The molecule has 16 heavy (non-hydrogen) atoms. The molecule has 2 N–H and O–H groups in total. The number of ether oxygens (including phenoxy) is 2. The highest BCUT2D eigenvalue weighted by atomic mass is 32.1. The Balaban J connectivity index is 3.21. The molecule has 4 nitrogen and oxygen atoms in total. The van der Waals surface area contributed by atoms with Crippen LogP contribution >= 0.6 is 24.4 Å². The molecule has 0 atom stereocenters. The van der Waals surface area contributed by atoms with Crippen LogP contribution in [0.2, 0.25) is 0 Å². The predicted octanol–water partition coefficient (Wildman–Crippen LogP) is 1.59. The van der Waals surface area contributed by atoms with Crippen LogP contribution in [0.1, 0.15) is 26.7 Å². The van der Waals surface area contributed by atoms with Gasteiger partial charge in [0.15, 0.2) is 0 Å². The Bertz CT molecular complexity index is 191. The fraction of sp³-hybridized carbons (Fsp3) is 0.800. The smallest absolute Gasteiger partial charge is 0.256 e. The Morgan fingerprint density at radius 3 is 1.56 bits per heavy atom.